The maximum atomic E-state index is 12.3. The van der Waals surface area contributed by atoms with E-state index in [0.717, 1.165) is 28.2 Å². The number of imidazole rings is 1. The Kier molecular flexibility index (Phi) is 3.98. The van der Waals surface area contributed by atoms with E-state index in [1.165, 1.54) is 10.4 Å². The molecule has 114 valence electrons. The van der Waals surface area contributed by atoms with Gasteiger partial charge in [-0.25, -0.2) is 4.98 Å². The molecule has 0 atom stereocenters. The van der Waals surface area contributed by atoms with Gasteiger partial charge >= 0.3 is 0 Å². The summed E-state index contributed by atoms with van der Waals surface area (Å²) < 4.78 is 2.02. The number of hydrogen-bond donors (Lipinski definition) is 1. The minimum atomic E-state index is -0.0279. The molecule has 1 amide bonds. The molecule has 2 aromatic heterocycles. The molecule has 0 saturated carbocycles. The van der Waals surface area contributed by atoms with Gasteiger partial charge in [0.25, 0.3) is 5.91 Å². The molecule has 0 aliphatic carbocycles. The molecule has 3 rings (SSSR count). The summed E-state index contributed by atoms with van der Waals surface area (Å²) in [7, 11) is 1.97. The van der Waals surface area contributed by atoms with Crippen LogP contribution in [0.25, 0.3) is 11.0 Å². The quantitative estimate of drug-likeness (QED) is 0.802. The number of hydrogen-bond acceptors (Lipinski definition) is 3. The number of fused-ring (bicyclic) bond motifs is 1. The molecule has 22 heavy (non-hydrogen) atoms. The number of amides is 1. The van der Waals surface area contributed by atoms with Gasteiger partial charge in [0.1, 0.15) is 5.82 Å². The van der Waals surface area contributed by atoms with Crippen LogP contribution in [0.3, 0.4) is 0 Å². The van der Waals surface area contributed by atoms with Crippen molar-refractivity contribution < 1.29 is 4.79 Å². The van der Waals surface area contributed by atoms with E-state index in [-0.39, 0.29) is 5.91 Å². The molecule has 5 heteroatoms. The standard InChI is InChI=1S/C17H19N3OS/c1-4-14-11(2)9-15(22-14)17(21)18-10-16-19-12-7-5-6-8-13(12)20(16)3/h5-9H,4,10H2,1-3H3,(H,18,21). The summed E-state index contributed by atoms with van der Waals surface area (Å²) in [5.41, 5.74) is 3.22. The van der Waals surface area contributed by atoms with Crippen molar-refractivity contribution >= 4 is 28.3 Å². The first kappa shape index (κ1) is 14.8. The topological polar surface area (TPSA) is 46.9 Å². The van der Waals surface area contributed by atoms with Crippen molar-refractivity contribution in [3.05, 3.63) is 51.5 Å². The third-order valence-electron chi connectivity index (χ3n) is 3.85. The van der Waals surface area contributed by atoms with Crippen LogP contribution in [0, 0.1) is 6.92 Å². The fourth-order valence-electron chi connectivity index (χ4n) is 2.58. The van der Waals surface area contributed by atoms with E-state index in [1.54, 1.807) is 11.3 Å². The number of nitrogens with one attached hydrogen (secondary N) is 1. The summed E-state index contributed by atoms with van der Waals surface area (Å²) in [5, 5.41) is 2.97. The summed E-state index contributed by atoms with van der Waals surface area (Å²) in [6.07, 6.45) is 0.967. The molecule has 4 nitrogen and oxygen atoms in total. The number of nitrogens with zero attached hydrogens (tertiary/aromatic N) is 2. The zero-order valence-electron chi connectivity index (χ0n) is 13.0. The Morgan fingerprint density at radius 2 is 2.14 bits per heavy atom. The summed E-state index contributed by atoms with van der Waals surface area (Å²) in [5.74, 6) is 0.832. The summed E-state index contributed by atoms with van der Waals surface area (Å²) in [4.78, 5) is 18.9. The van der Waals surface area contributed by atoms with E-state index < -0.39 is 0 Å². The molecular weight excluding hydrogens is 294 g/mol. The second kappa shape index (κ2) is 5.93. The lowest BCUT2D eigenvalue weighted by Crippen LogP contribution is -2.23. The summed E-state index contributed by atoms with van der Waals surface area (Å²) >= 11 is 1.57. The highest BCUT2D eigenvalue weighted by molar-refractivity contribution is 7.14. The Labute approximate surface area is 133 Å². The fourth-order valence-corrected chi connectivity index (χ4v) is 3.61. The lowest BCUT2D eigenvalue weighted by atomic mass is 10.2. The van der Waals surface area contributed by atoms with Gasteiger partial charge in [0.05, 0.1) is 22.5 Å². The van der Waals surface area contributed by atoms with E-state index in [1.807, 2.05) is 41.9 Å². The fraction of sp³-hybridized carbons (Fsp3) is 0.294. The zero-order valence-corrected chi connectivity index (χ0v) is 13.8. The van der Waals surface area contributed by atoms with Crippen LogP contribution in [0.2, 0.25) is 0 Å². The number of rotatable bonds is 4. The van der Waals surface area contributed by atoms with Crippen molar-refractivity contribution in [2.75, 3.05) is 0 Å². The van der Waals surface area contributed by atoms with Crippen LogP contribution in [-0.2, 0) is 20.0 Å². The molecule has 1 N–H and O–H groups in total. The Bertz CT molecular complexity index is 832. The van der Waals surface area contributed by atoms with Crippen LogP contribution in [0.15, 0.2) is 30.3 Å². The highest BCUT2D eigenvalue weighted by Gasteiger charge is 2.13. The van der Waals surface area contributed by atoms with Crippen LogP contribution >= 0.6 is 11.3 Å². The van der Waals surface area contributed by atoms with Crippen molar-refractivity contribution in [2.45, 2.75) is 26.8 Å². The van der Waals surface area contributed by atoms with Crippen LogP contribution < -0.4 is 5.32 Å². The molecule has 0 aliphatic heterocycles. The first-order valence-corrected chi connectivity index (χ1v) is 8.19. The monoisotopic (exact) mass is 313 g/mol. The molecule has 3 aromatic rings. The second-order valence-corrected chi connectivity index (χ2v) is 6.47. The Morgan fingerprint density at radius 3 is 2.82 bits per heavy atom. The van der Waals surface area contributed by atoms with Gasteiger partial charge in [-0.3, -0.25) is 4.79 Å². The normalized spacial score (nSPS) is 11.0. The van der Waals surface area contributed by atoms with Crippen LogP contribution in [0.5, 0.6) is 0 Å². The molecule has 0 fully saturated rings. The minimum absolute atomic E-state index is 0.0279. The highest BCUT2D eigenvalue weighted by Crippen LogP contribution is 2.22. The minimum Gasteiger partial charge on any atom is -0.344 e. The molecule has 2 heterocycles. The van der Waals surface area contributed by atoms with E-state index >= 15 is 0 Å². The Balaban J connectivity index is 1.75. The van der Waals surface area contributed by atoms with Gasteiger partial charge in [-0.1, -0.05) is 19.1 Å². The predicted molar refractivity (Wildman–Crippen MR) is 90.3 cm³/mol. The van der Waals surface area contributed by atoms with E-state index in [0.29, 0.717) is 6.54 Å². The van der Waals surface area contributed by atoms with Crippen molar-refractivity contribution in [2.24, 2.45) is 7.05 Å². The average Bonchev–Trinajstić information content (AvgIpc) is 3.06. The van der Waals surface area contributed by atoms with E-state index in [4.69, 9.17) is 0 Å². The second-order valence-electron chi connectivity index (χ2n) is 5.33. The van der Waals surface area contributed by atoms with Gasteiger partial charge < -0.3 is 9.88 Å². The van der Waals surface area contributed by atoms with Crippen molar-refractivity contribution in [1.29, 1.82) is 0 Å². The molecule has 0 bridgehead atoms. The smallest absolute Gasteiger partial charge is 0.261 e. The maximum absolute atomic E-state index is 12.3. The molecule has 0 radical (unpaired) electrons. The third-order valence-corrected chi connectivity index (χ3v) is 5.23. The number of carbonyl (C=O) groups excluding carboxylic acids is 1. The highest BCUT2D eigenvalue weighted by atomic mass is 32.1. The van der Waals surface area contributed by atoms with Gasteiger partial charge in [0.15, 0.2) is 0 Å². The first-order chi connectivity index (χ1) is 10.6. The number of thiophene rings is 1. The van der Waals surface area contributed by atoms with Crippen molar-refractivity contribution in [3.63, 3.8) is 0 Å². The Hall–Kier alpha value is -2.14. The molecule has 0 aliphatic rings. The van der Waals surface area contributed by atoms with Crippen molar-refractivity contribution in [3.8, 4) is 0 Å². The predicted octanol–water partition coefficient (Wildman–Crippen LogP) is 3.44. The van der Waals surface area contributed by atoms with Crippen LogP contribution in [0.4, 0.5) is 0 Å². The van der Waals surface area contributed by atoms with Gasteiger partial charge in [-0.2, -0.15) is 0 Å². The van der Waals surface area contributed by atoms with Gasteiger partial charge in [0, 0.05) is 11.9 Å². The first-order valence-electron chi connectivity index (χ1n) is 7.38. The zero-order chi connectivity index (χ0) is 15.7. The molecule has 0 spiro atoms. The van der Waals surface area contributed by atoms with Crippen LogP contribution in [-0.4, -0.2) is 15.5 Å². The van der Waals surface area contributed by atoms with Gasteiger partial charge in [-0.05, 0) is 37.1 Å². The Morgan fingerprint density at radius 1 is 1.36 bits per heavy atom. The lowest BCUT2D eigenvalue weighted by Gasteiger charge is -2.04. The third kappa shape index (κ3) is 2.64. The van der Waals surface area contributed by atoms with E-state index in [9.17, 15) is 4.79 Å². The van der Waals surface area contributed by atoms with Crippen LogP contribution in [0.1, 0.15) is 32.9 Å². The molecule has 0 unspecified atom stereocenters. The average molecular weight is 313 g/mol. The SMILES string of the molecule is CCc1sc(C(=O)NCc2nc3ccccc3n2C)cc1C. The van der Waals surface area contributed by atoms with E-state index in [2.05, 4.69) is 24.1 Å². The van der Waals surface area contributed by atoms with Gasteiger partial charge in [0.2, 0.25) is 0 Å². The number of benzene rings is 1. The number of para-hydroxylation sites is 2. The molecular formula is C17H19N3OS. The van der Waals surface area contributed by atoms with Crippen molar-refractivity contribution in [1.82, 2.24) is 14.9 Å². The van der Waals surface area contributed by atoms with Gasteiger partial charge in [-0.15, -0.1) is 11.3 Å². The number of aromatic nitrogens is 2. The summed E-state index contributed by atoms with van der Waals surface area (Å²) in [6, 6.07) is 9.94. The largest absolute Gasteiger partial charge is 0.344 e. The maximum Gasteiger partial charge on any atom is 0.261 e. The molecule has 1 aromatic carbocycles. The molecule has 0 saturated heterocycles. The summed E-state index contributed by atoms with van der Waals surface area (Å²) in [6.45, 7) is 4.60. The lowest BCUT2D eigenvalue weighted by molar-refractivity contribution is 0.0953. The number of aryl methyl sites for hydroxylation is 3. The number of carbonyl (C=O) groups is 1.